The van der Waals surface area contributed by atoms with Crippen LogP contribution in [0.2, 0.25) is 0 Å². The number of para-hydroxylation sites is 4. The van der Waals surface area contributed by atoms with Gasteiger partial charge in [0.2, 0.25) is 0 Å². The van der Waals surface area contributed by atoms with Crippen LogP contribution in [-0.2, 0) is 10.8 Å². The fraction of sp³-hybridized carbons (Fsp3) is 0.0526. The Morgan fingerprint density at radius 2 is 0.734 bits per heavy atom. The second kappa shape index (κ2) is 17.3. The van der Waals surface area contributed by atoms with Crippen molar-refractivity contribution in [3.05, 3.63) is 318 Å². The van der Waals surface area contributed by atoms with E-state index in [1.54, 1.807) is 0 Å². The van der Waals surface area contributed by atoms with E-state index < -0.39 is 5.41 Å². The molecule has 2 aromatic heterocycles. The number of aromatic nitrogens is 2. The van der Waals surface area contributed by atoms with Gasteiger partial charge in [0, 0.05) is 55.4 Å². The van der Waals surface area contributed by atoms with Gasteiger partial charge in [-0.1, -0.05) is 208 Å². The highest BCUT2D eigenvalue weighted by Crippen LogP contribution is 2.58. The maximum absolute atomic E-state index is 2.48. The largest absolute Gasteiger partial charge is 0.310 e. The van der Waals surface area contributed by atoms with Crippen molar-refractivity contribution >= 4 is 60.7 Å². The second-order valence-corrected chi connectivity index (χ2v) is 22.0. The summed E-state index contributed by atoms with van der Waals surface area (Å²) in [4.78, 5) is 2.48. The van der Waals surface area contributed by atoms with Crippen LogP contribution in [0.3, 0.4) is 0 Å². The first-order chi connectivity index (χ1) is 38.9. The van der Waals surface area contributed by atoms with E-state index in [0.29, 0.717) is 0 Å². The molecule has 0 spiro atoms. The van der Waals surface area contributed by atoms with Crippen LogP contribution < -0.4 is 4.90 Å². The standard InChI is InChI=1S/C76H53N3/c1-75(2)69-48-57(39-42-60(69)61-43-40-58(49-70(61)75)79-71-31-17-13-27-62(71)63-28-14-18-32-72(63)79)77(55-37-34-50(35-38-55)51-36-45-74-66(46-51)64-29-15-19-33-73(64)78(74)54-24-10-5-11-25-54)56-41-44-68-65(47-56)59-26-12-16-30-67(59)76(68,52-20-6-3-7-21-52)53-22-8-4-9-23-53/h3-49H,1-2H3. The first kappa shape index (κ1) is 45.3. The monoisotopic (exact) mass is 1010 g/mol. The number of benzene rings is 12. The number of rotatable bonds is 8. The van der Waals surface area contributed by atoms with Crippen LogP contribution in [0.25, 0.3) is 88.4 Å². The van der Waals surface area contributed by atoms with E-state index in [0.717, 1.165) is 22.7 Å². The molecule has 0 saturated carbocycles. The van der Waals surface area contributed by atoms with Gasteiger partial charge in [-0.15, -0.1) is 0 Å². The van der Waals surface area contributed by atoms with Crippen LogP contribution in [0.15, 0.2) is 285 Å². The summed E-state index contributed by atoms with van der Waals surface area (Å²) in [6, 6.07) is 106. The zero-order valence-electron chi connectivity index (χ0n) is 44.0. The molecule has 2 aliphatic rings. The van der Waals surface area contributed by atoms with E-state index in [-0.39, 0.29) is 5.41 Å². The molecule has 0 saturated heterocycles. The van der Waals surface area contributed by atoms with Gasteiger partial charge in [-0.05, 0) is 158 Å². The molecule has 0 fully saturated rings. The first-order valence-corrected chi connectivity index (χ1v) is 27.6. The molecule has 0 N–H and O–H groups in total. The summed E-state index contributed by atoms with van der Waals surface area (Å²) in [6.45, 7) is 4.81. The molecule has 0 amide bonds. The molecule has 0 radical (unpaired) electrons. The Balaban J connectivity index is 0.854. The Kier molecular flexibility index (Phi) is 9.90. The molecular weight excluding hydrogens is 955 g/mol. The minimum absolute atomic E-state index is 0.283. The van der Waals surface area contributed by atoms with Crippen molar-refractivity contribution < 1.29 is 0 Å². The molecule has 2 aliphatic carbocycles. The second-order valence-electron chi connectivity index (χ2n) is 22.0. The SMILES string of the molecule is CC1(C)c2cc(N(c3ccc(-c4ccc5c(c4)c4ccccc4n5-c4ccccc4)cc3)c3ccc4c(c3)-c3ccccc3C4(c3ccccc3)c3ccccc3)ccc2-c2ccc(-n3c4ccccc4c4ccccc43)cc21. The fourth-order valence-electron chi connectivity index (χ4n) is 14.0. The Morgan fingerprint density at radius 3 is 1.39 bits per heavy atom. The Hall–Kier alpha value is -9.96. The lowest BCUT2D eigenvalue weighted by atomic mass is 9.68. The van der Waals surface area contributed by atoms with Gasteiger partial charge in [-0.2, -0.15) is 0 Å². The van der Waals surface area contributed by atoms with Gasteiger partial charge in [0.1, 0.15) is 0 Å². The van der Waals surface area contributed by atoms with Crippen molar-refractivity contribution in [3.63, 3.8) is 0 Å². The van der Waals surface area contributed by atoms with Gasteiger partial charge in [0.05, 0.1) is 27.5 Å². The Morgan fingerprint density at radius 1 is 0.278 bits per heavy atom. The van der Waals surface area contributed by atoms with Crippen LogP contribution in [0.5, 0.6) is 0 Å². The maximum atomic E-state index is 2.48. The third-order valence-corrected chi connectivity index (χ3v) is 17.6. The summed E-state index contributed by atoms with van der Waals surface area (Å²) in [5, 5.41) is 5.03. The van der Waals surface area contributed by atoms with Crippen molar-refractivity contribution in [1.82, 2.24) is 9.13 Å². The molecule has 2 heterocycles. The summed E-state index contributed by atoms with van der Waals surface area (Å²) >= 11 is 0. The van der Waals surface area contributed by atoms with Gasteiger partial charge >= 0.3 is 0 Å². The predicted octanol–water partition coefficient (Wildman–Crippen LogP) is 19.7. The summed E-state index contributed by atoms with van der Waals surface area (Å²) in [5.41, 5.74) is 25.0. The third kappa shape index (κ3) is 6.60. The van der Waals surface area contributed by atoms with Crippen LogP contribution in [-0.4, -0.2) is 9.13 Å². The predicted molar refractivity (Wildman–Crippen MR) is 330 cm³/mol. The molecular formula is C76H53N3. The molecule has 372 valence electrons. The highest BCUT2D eigenvalue weighted by Gasteiger charge is 2.46. The molecule has 12 aromatic carbocycles. The van der Waals surface area contributed by atoms with E-state index in [4.69, 9.17) is 0 Å². The van der Waals surface area contributed by atoms with E-state index in [1.165, 1.54) is 116 Å². The van der Waals surface area contributed by atoms with Gasteiger partial charge in [-0.3, -0.25) is 0 Å². The molecule has 0 bridgehead atoms. The van der Waals surface area contributed by atoms with Crippen molar-refractivity contribution in [2.75, 3.05) is 4.90 Å². The summed E-state index contributed by atoms with van der Waals surface area (Å²) in [5.74, 6) is 0. The molecule has 3 heteroatoms. The molecule has 0 atom stereocenters. The Labute approximate surface area is 460 Å². The highest BCUT2D eigenvalue weighted by molar-refractivity contribution is 6.11. The van der Waals surface area contributed by atoms with Crippen LogP contribution in [0.1, 0.15) is 47.2 Å². The molecule has 79 heavy (non-hydrogen) atoms. The third-order valence-electron chi connectivity index (χ3n) is 17.6. The quantitative estimate of drug-likeness (QED) is 0.148. The zero-order valence-corrected chi connectivity index (χ0v) is 44.0. The van der Waals surface area contributed by atoms with Gasteiger partial charge in [0.25, 0.3) is 0 Å². The smallest absolute Gasteiger partial charge is 0.0713 e. The van der Waals surface area contributed by atoms with Crippen LogP contribution >= 0.6 is 0 Å². The van der Waals surface area contributed by atoms with Gasteiger partial charge in [0.15, 0.2) is 0 Å². The molecule has 0 unspecified atom stereocenters. The lowest BCUT2D eigenvalue weighted by Gasteiger charge is -2.34. The van der Waals surface area contributed by atoms with Crippen molar-refractivity contribution in [2.45, 2.75) is 24.7 Å². The number of hydrogen-bond acceptors (Lipinski definition) is 1. The van der Waals surface area contributed by atoms with E-state index in [2.05, 4.69) is 313 Å². The highest BCUT2D eigenvalue weighted by atomic mass is 15.1. The Bertz CT molecular complexity index is 4640. The molecule has 3 nitrogen and oxygen atoms in total. The summed E-state index contributed by atoms with van der Waals surface area (Å²) in [7, 11) is 0. The summed E-state index contributed by atoms with van der Waals surface area (Å²) in [6.07, 6.45) is 0. The number of fused-ring (bicyclic) bond motifs is 12. The number of nitrogens with zero attached hydrogens (tertiary/aromatic N) is 3. The maximum Gasteiger partial charge on any atom is 0.0713 e. The fourth-order valence-corrected chi connectivity index (χ4v) is 14.0. The normalized spacial score (nSPS) is 13.6. The molecule has 0 aliphatic heterocycles. The zero-order chi connectivity index (χ0) is 52.4. The van der Waals surface area contributed by atoms with Gasteiger partial charge in [-0.25, -0.2) is 0 Å². The van der Waals surface area contributed by atoms with Crippen LogP contribution in [0, 0.1) is 0 Å². The molecule has 16 rings (SSSR count). The van der Waals surface area contributed by atoms with Crippen molar-refractivity contribution in [1.29, 1.82) is 0 Å². The summed E-state index contributed by atoms with van der Waals surface area (Å²) < 4.78 is 4.83. The number of hydrogen-bond donors (Lipinski definition) is 0. The average molecular weight is 1010 g/mol. The van der Waals surface area contributed by atoms with Gasteiger partial charge < -0.3 is 14.0 Å². The lowest BCUT2D eigenvalue weighted by Crippen LogP contribution is -2.28. The van der Waals surface area contributed by atoms with E-state index >= 15 is 0 Å². The molecule has 14 aromatic rings. The van der Waals surface area contributed by atoms with Crippen molar-refractivity contribution in [2.24, 2.45) is 0 Å². The van der Waals surface area contributed by atoms with E-state index in [9.17, 15) is 0 Å². The lowest BCUT2D eigenvalue weighted by molar-refractivity contribution is 0.660. The first-order valence-electron chi connectivity index (χ1n) is 27.6. The number of anilines is 3. The minimum Gasteiger partial charge on any atom is -0.310 e. The average Bonchev–Trinajstić information content (AvgIpc) is 4.29. The topological polar surface area (TPSA) is 13.1 Å². The van der Waals surface area contributed by atoms with Crippen LogP contribution in [0.4, 0.5) is 17.1 Å². The van der Waals surface area contributed by atoms with E-state index in [1.807, 2.05) is 0 Å². The minimum atomic E-state index is -0.491. The van der Waals surface area contributed by atoms with Crippen molar-refractivity contribution in [3.8, 4) is 44.8 Å².